The minimum Gasteiger partial charge on any atom is -0.422 e. The Morgan fingerprint density at radius 2 is 1.96 bits per heavy atom. The van der Waals surface area contributed by atoms with Crippen molar-refractivity contribution >= 4 is 16.9 Å². The molecular formula is C21H22N2O3. The maximum absolute atomic E-state index is 13.3. The highest BCUT2D eigenvalue weighted by molar-refractivity contribution is 5.96. The van der Waals surface area contributed by atoms with Crippen LogP contribution in [0.5, 0.6) is 0 Å². The summed E-state index contributed by atoms with van der Waals surface area (Å²) < 4.78 is 7.43. The van der Waals surface area contributed by atoms with E-state index in [1.165, 1.54) is 0 Å². The zero-order valence-corrected chi connectivity index (χ0v) is 14.9. The minimum absolute atomic E-state index is 0.0177. The SMILES string of the molecule is Cn1cccc1C1CCCCCN1C(=O)c1cc2ccccc2oc1=O. The van der Waals surface area contributed by atoms with E-state index >= 15 is 0 Å². The van der Waals surface area contributed by atoms with Gasteiger partial charge in [-0.05, 0) is 37.1 Å². The second-order valence-corrected chi connectivity index (χ2v) is 6.89. The van der Waals surface area contributed by atoms with E-state index in [2.05, 4.69) is 10.6 Å². The van der Waals surface area contributed by atoms with E-state index in [9.17, 15) is 9.59 Å². The van der Waals surface area contributed by atoms with Crippen LogP contribution in [0, 0.1) is 0 Å². The fraction of sp³-hybridized carbons (Fsp3) is 0.333. The molecule has 0 aliphatic carbocycles. The van der Waals surface area contributed by atoms with Gasteiger partial charge in [0.05, 0.1) is 6.04 Å². The van der Waals surface area contributed by atoms with Gasteiger partial charge in [-0.1, -0.05) is 31.0 Å². The summed E-state index contributed by atoms with van der Waals surface area (Å²) in [6, 6.07) is 13.0. The number of fused-ring (bicyclic) bond motifs is 1. The number of nitrogens with zero attached hydrogens (tertiary/aromatic N) is 2. The summed E-state index contributed by atoms with van der Waals surface area (Å²) in [6.45, 7) is 0.654. The summed E-state index contributed by atoms with van der Waals surface area (Å²) >= 11 is 0. The molecule has 1 atom stereocenters. The van der Waals surface area contributed by atoms with Gasteiger partial charge < -0.3 is 13.9 Å². The van der Waals surface area contributed by atoms with Gasteiger partial charge in [0.15, 0.2) is 0 Å². The fourth-order valence-corrected chi connectivity index (χ4v) is 3.85. The average molecular weight is 350 g/mol. The lowest BCUT2D eigenvalue weighted by atomic mass is 10.1. The van der Waals surface area contributed by atoms with Crippen LogP contribution in [0.3, 0.4) is 0 Å². The summed E-state index contributed by atoms with van der Waals surface area (Å²) in [5.74, 6) is -0.238. The molecule has 1 fully saturated rings. The number of carbonyl (C=O) groups excluding carboxylic acids is 1. The standard InChI is InChI=1S/C21H22N2O3/c1-22-12-7-10-17(22)18-9-3-2-6-13-23(18)20(24)16-14-15-8-4-5-11-19(15)26-21(16)25/h4-5,7-8,10-12,14,18H,2-3,6,9,13H2,1H3. The third-order valence-corrected chi connectivity index (χ3v) is 5.21. The van der Waals surface area contributed by atoms with Gasteiger partial charge in [0.1, 0.15) is 11.1 Å². The lowest BCUT2D eigenvalue weighted by Crippen LogP contribution is -2.37. The first kappa shape index (κ1) is 16.6. The topological polar surface area (TPSA) is 55.5 Å². The van der Waals surface area contributed by atoms with Crippen molar-refractivity contribution in [3.05, 3.63) is 70.3 Å². The molecule has 26 heavy (non-hydrogen) atoms. The predicted octanol–water partition coefficient (Wildman–Crippen LogP) is 3.89. The van der Waals surface area contributed by atoms with Gasteiger partial charge >= 0.3 is 5.63 Å². The molecule has 1 saturated heterocycles. The van der Waals surface area contributed by atoms with Gasteiger partial charge in [0, 0.05) is 30.9 Å². The zero-order chi connectivity index (χ0) is 18.1. The Labute approximate surface area is 151 Å². The van der Waals surface area contributed by atoms with E-state index < -0.39 is 5.63 Å². The van der Waals surface area contributed by atoms with Gasteiger partial charge in [-0.2, -0.15) is 0 Å². The monoisotopic (exact) mass is 350 g/mol. The Balaban J connectivity index is 1.76. The number of rotatable bonds is 2. The molecule has 1 aliphatic rings. The Hall–Kier alpha value is -2.82. The Bertz CT molecular complexity index is 1000. The molecule has 1 unspecified atom stereocenters. The first-order valence-corrected chi connectivity index (χ1v) is 9.10. The van der Waals surface area contributed by atoms with E-state index in [0.29, 0.717) is 12.1 Å². The maximum Gasteiger partial charge on any atom is 0.349 e. The highest BCUT2D eigenvalue weighted by Gasteiger charge is 2.30. The van der Waals surface area contributed by atoms with Crippen LogP contribution in [0.2, 0.25) is 0 Å². The average Bonchev–Trinajstić information content (AvgIpc) is 2.92. The van der Waals surface area contributed by atoms with Gasteiger partial charge in [-0.15, -0.1) is 0 Å². The summed E-state index contributed by atoms with van der Waals surface area (Å²) in [5, 5.41) is 0.765. The van der Waals surface area contributed by atoms with Crippen LogP contribution in [0.15, 0.2) is 57.9 Å². The van der Waals surface area contributed by atoms with Crippen molar-refractivity contribution in [2.45, 2.75) is 31.7 Å². The van der Waals surface area contributed by atoms with Crippen molar-refractivity contribution in [3.8, 4) is 0 Å². The number of carbonyl (C=O) groups is 1. The highest BCUT2D eigenvalue weighted by atomic mass is 16.4. The molecule has 0 N–H and O–H groups in total. The number of hydrogen-bond acceptors (Lipinski definition) is 3. The molecule has 4 rings (SSSR count). The highest BCUT2D eigenvalue weighted by Crippen LogP contribution is 2.31. The normalized spacial score (nSPS) is 18.0. The number of para-hydroxylation sites is 1. The summed E-state index contributed by atoms with van der Waals surface area (Å²) in [7, 11) is 1.99. The summed E-state index contributed by atoms with van der Waals surface area (Å²) in [4.78, 5) is 27.6. The van der Waals surface area contributed by atoms with E-state index in [1.54, 1.807) is 12.1 Å². The largest absolute Gasteiger partial charge is 0.422 e. The van der Waals surface area contributed by atoms with Crippen LogP contribution >= 0.6 is 0 Å². The molecule has 2 aromatic heterocycles. The van der Waals surface area contributed by atoms with Crippen LogP contribution in [0.1, 0.15) is 47.8 Å². The van der Waals surface area contributed by atoms with E-state index in [4.69, 9.17) is 4.42 Å². The van der Waals surface area contributed by atoms with E-state index in [1.807, 2.05) is 42.4 Å². The second-order valence-electron chi connectivity index (χ2n) is 6.89. The van der Waals surface area contributed by atoms with Crippen molar-refractivity contribution in [3.63, 3.8) is 0 Å². The molecule has 3 heterocycles. The van der Waals surface area contributed by atoms with Crippen molar-refractivity contribution in [2.24, 2.45) is 7.05 Å². The fourth-order valence-electron chi connectivity index (χ4n) is 3.85. The second kappa shape index (κ2) is 6.83. The van der Waals surface area contributed by atoms with E-state index in [-0.39, 0.29) is 17.5 Å². The van der Waals surface area contributed by atoms with Crippen LogP contribution in [-0.4, -0.2) is 21.9 Å². The number of aromatic nitrogens is 1. The summed E-state index contributed by atoms with van der Waals surface area (Å²) in [5.41, 5.74) is 1.16. The Morgan fingerprint density at radius 1 is 1.12 bits per heavy atom. The number of hydrogen-bond donors (Lipinski definition) is 0. The molecule has 5 nitrogen and oxygen atoms in total. The molecule has 1 aromatic carbocycles. The Morgan fingerprint density at radius 3 is 2.77 bits per heavy atom. The first-order chi connectivity index (χ1) is 12.6. The van der Waals surface area contributed by atoms with Gasteiger partial charge in [-0.3, -0.25) is 4.79 Å². The molecule has 0 radical (unpaired) electrons. The van der Waals surface area contributed by atoms with Crippen LogP contribution < -0.4 is 5.63 Å². The number of likely N-dealkylation sites (tertiary alicyclic amines) is 1. The van der Waals surface area contributed by atoms with Gasteiger partial charge in [-0.25, -0.2) is 4.79 Å². The molecule has 134 valence electrons. The molecule has 1 amide bonds. The van der Waals surface area contributed by atoms with Gasteiger partial charge in [0.25, 0.3) is 5.91 Å². The lowest BCUT2D eigenvalue weighted by molar-refractivity contribution is 0.0670. The molecule has 0 spiro atoms. The lowest BCUT2D eigenvalue weighted by Gasteiger charge is -2.30. The maximum atomic E-state index is 13.3. The van der Waals surface area contributed by atoms with Crippen molar-refractivity contribution in [1.29, 1.82) is 0 Å². The molecule has 3 aromatic rings. The minimum atomic E-state index is -0.566. The molecule has 0 bridgehead atoms. The zero-order valence-electron chi connectivity index (χ0n) is 14.9. The number of amides is 1. The predicted molar refractivity (Wildman–Crippen MR) is 100 cm³/mol. The summed E-state index contributed by atoms with van der Waals surface area (Å²) in [6.07, 6.45) is 6.02. The first-order valence-electron chi connectivity index (χ1n) is 9.10. The molecule has 1 aliphatic heterocycles. The molecular weight excluding hydrogens is 328 g/mol. The van der Waals surface area contributed by atoms with Crippen LogP contribution in [0.25, 0.3) is 11.0 Å². The third-order valence-electron chi connectivity index (χ3n) is 5.21. The van der Waals surface area contributed by atoms with E-state index in [0.717, 1.165) is 36.8 Å². The number of benzene rings is 1. The molecule has 5 heteroatoms. The third kappa shape index (κ3) is 2.94. The Kier molecular flexibility index (Phi) is 4.37. The van der Waals surface area contributed by atoms with Crippen LogP contribution in [0.4, 0.5) is 0 Å². The smallest absolute Gasteiger partial charge is 0.349 e. The quantitative estimate of drug-likeness (QED) is 0.659. The van der Waals surface area contributed by atoms with Crippen molar-refractivity contribution < 1.29 is 9.21 Å². The van der Waals surface area contributed by atoms with Gasteiger partial charge in [0.2, 0.25) is 0 Å². The van der Waals surface area contributed by atoms with Crippen molar-refractivity contribution in [1.82, 2.24) is 9.47 Å². The molecule has 0 saturated carbocycles. The van der Waals surface area contributed by atoms with Crippen molar-refractivity contribution in [2.75, 3.05) is 6.54 Å². The number of aryl methyl sites for hydroxylation is 1. The van der Waals surface area contributed by atoms with Crippen LogP contribution in [-0.2, 0) is 7.05 Å².